The summed E-state index contributed by atoms with van der Waals surface area (Å²) >= 11 is 2.99. The molecule has 1 aromatic rings. The maximum absolute atomic E-state index is 13.2. The number of hydrogen-bond donors (Lipinski definition) is 2. The summed E-state index contributed by atoms with van der Waals surface area (Å²) in [6, 6.07) is 3.64. The highest BCUT2D eigenvalue weighted by Gasteiger charge is 2.36. The van der Waals surface area contributed by atoms with Crippen molar-refractivity contribution < 1.29 is 12.8 Å². The molecule has 0 unspecified atom stereocenters. The van der Waals surface area contributed by atoms with Gasteiger partial charge < -0.3 is 5.73 Å². The van der Waals surface area contributed by atoms with E-state index in [2.05, 4.69) is 20.7 Å². The average Bonchev–Trinajstić information content (AvgIpc) is 2.81. The summed E-state index contributed by atoms with van der Waals surface area (Å²) in [4.78, 5) is 0.0421. The van der Waals surface area contributed by atoms with E-state index >= 15 is 0 Å². The first kappa shape index (κ1) is 14.9. The van der Waals surface area contributed by atoms with Crippen LogP contribution in [0.1, 0.15) is 25.7 Å². The van der Waals surface area contributed by atoms with E-state index in [0.717, 1.165) is 31.7 Å². The molecule has 1 aromatic carbocycles. The fourth-order valence-corrected chi connectivity index (χ4v) is 4.41. The van der Waals surface area contributed by atoms with Gasteiger partial charge in [0.2, 0.25) is 10.0 Å². The van der Waals surface area contributed by atoms with Crippen LogP contribution in [0.15, 0.2) is 27.6 Å². The molecular weight excluding hydrogens is 335 g/mol. The van der Waals surface area contributed by atoms with E-state index in [0.29, 0.717) is 0 Å². The normalized spacial score (nSPS) is 18.7. The quantitative estimate of drug-likeness (QED) is 0.873. The number of nitrogens with one attached hydrogen (secondary N) is 1. The molecule has 0 aromatic heterocycles. The molecule has 4 nitrogen and oxygen atoms in total. The first-order chi connectivity index (χ1) is 8.88. The lowest BCUT2D eigenvalue weighted by Gasteiger charge is -2.28. The van der Waals surface area contributed by atoms with Crippen LogP contribution in [0.3, 0.4) is 0 Å². The molecule has 0 radical (unpaired) electrons. The molecular formula is C12H16BrFN2O2S. The Morgan fingerprint density at radius 1 is 1.37 bits per heavy atom. The van der Waals surface area contributed by atoms with Crippen molar-refractivity contribution in [2.24, 2.45) is 5.73 Å². The highest BCUT2D eigenvalue weighted by atomic mass is 79.9. The Hall–Kier alpha value is -0.500. The summed E-state index contributed by atoms with van der Waals surface area (Å²) in [5, 5.41) is 0. The molecule has 0 heterocycles. The van der Waals surface area contributed by atoms with Gasteiger partial charge in [-0.3, -0.25) is 0 Å². The first-order valence-corrected chi connectivity index (χ1v) is 8.35. The zero-order valence-electron chi connectivity index (χ0n) is 10.3. The minimum atomic E-state index is -3.68. The molecule has 0 aliphatic heterocycles. The Balaban J connectivity index is 2.29. The number of rotatable bonds is 4. The van der Waals surface area contributed by atoms with E-state index in [1.54, 1.807) is 0 Å². The van der Waals surface area contributed by atoms with Crippen LogP contribution in [0.25, 0.3) is 0 Å². The highest BCUT2D eigenvalue weighted by Crippen LogP contribution is 2.31. The van der Waals surface area contributed by atoms with Crippen molar-refractivity contribution in [3.8, 4) is 0 Å². The van der Waals surface area contributed by atoms with Crippen molar-refractivity contribution in [2.75, 3.05) is 6.54 Å². The molecule has 19 heavy (non-hydrogen) atoms. The van der Waals surface area contributed by atoms with Gasteiger partial charge in [0.05, 0.1) is 9.37 Å². The Bertz CT molecular complexity index is 571. The van der Waals surface area contributed by atoms with Crippen molar-refractivity contribution in [1.82, 2.24) is 4.72 Å². The van der Waals surface area contributed by atoms with Gasteiger partial charge >= 0.3 is 0 Å². The lowest BCUT2D eigenvalue weighted by Crippen LogP contribution is -2.51. The molecule has 0 spiro atoms. The minimum absolute atomic E-state index is 0.0421. The molecule has 1 fully saturated rings. The lowest BCUT2D eigenvalue weighted by atomic mass is 10.0. The van der Waals surface area contributed by atoms with Crippen LogP contribution in [0.2, 0.25) is 0 Å². The van der Waals surface area contributed by atoms with Gasteiger partial charge in [-0.2, -0.15) is 0 Å². The van der Waals surface area contributed by atoms with Gasteiger partial charge in [-0.25, -0.2) is 17.5 Å². The second-order valence-corrected chi connectivity index (χ2v) is 7.41. The fourth-order valence-electron chi connectivity index (χ4n) is 2.39. The molecule has 0 bridgehead atoms. The predicted molar refractivity (Wildman–Crippen MR) is 74.7 cm³/mol. The van der Waals surface area contributed by atoms with Crippen molar-refractivity contribution in [3.05, 3.63) is 28.5 Å². The molecule has 7 heteroatoms. The van der Waals surface area contributed by atoms with Gasteiger partial charge in [-0.1, -0.05) is 12.8 Å². The monoisotopic (exact) mass is 350 g/mol. The first-order valence-electron chi connectivity index (χ1n) is 6.08. The summed E-state index contributed by atoms with van der Waals surface area (Å²) in [5.41, 5.74) is 5.16. The number of nitrogens with two attached hydrogens (primary N) is 1. The molecule has 0 amide bonds. The molecule has 106 valence electrons. The molecule has 3 N–H and O–H groups in total. The minimum Gasteiger partial charge on any atom is -0.329 e. The van der Waals surface area contributed by atoms with Gasteiger partial charge in [-0.05, 0) is 47.0 Å². The van der Waals surface area contributed by atoms with Crippen LogP contribution in [0.5, 0.6) is 0 Å². The number of benzene rings is 1. The molecule has 0 atom stereocenters. The summed E-state index contributed by atoms with van der Waals surface area (Å²) in [6.45, 7) is 0.272. The second kappa shape index (κ2) is 5.47. The number of halogens is 2. The number of hydrogen-bond acceptors (Lipinski definition) is 3. The smallest absolute Gasteiger partial charge is 0.241 e. The molecule has 1 saturated carbocycles. The maximum Gasteiger partial charge on any atom is 0.241 e. The van der Waals surface area contributed by atoms with Crippen LogP contribution in [-0.2, 0) is 10.0 Å². The van der Waals surface area contributed by atoms with E-state index in [1.165, 1.54) is 12.1 Å². The summed E-state index contributed by atoms with van der Waals surface area (Å²) in [6.07, 6.45) is 3.41. The fraction of sp³-hybridized carbons (Fsp3) is 0.500. The van der Waals surface area contributed by atoms with Crippen molar-refractivity contribution in [3.63, 3.8) is 0 Å². The largest absolute Gasteiger partial charge is 0.329 e. The van der Waals surface area contributed by atoms with E-state index in [-0.39, 0.29) is 15.9 Å². The third kappa shape index (κ3) is 3.16. The van der Waals surface area contributed by atoms with Crippen LogP contribution in [0.4, 0.5) is 4.39 Å². The van der Waals surface area contributed by atoms with Gasteiger partial charge in [0, 0.05) is 12.1 Å². The summed E-state index contributed by atoms with van der Waals surface area (Å²) in [7, 11) is -3.68. The van der Waals surface area contributed by atoms with E-state index in [1.807, 2.05) is 0 Å². The molecule has 0 saturated heterocycles. The van der Waals surface area contributed by atoms with Crippen molar-refractivity contribution in [1.29, 1.82) is 0 Å². The van der Waals surface area contributed by atoms with Crippen LogP contribution >= 0.6 is 15.9 Å². The second-order valence-electron chi connectivity index (χ2n) is 4.87. The average molecular weight is 351 g/mol. The van der Waals surface area contributed by atoms with E-state index < -0.39 is 21.4 Å². The lowest BCUT2D eigenvalue weighted by molar-refractivity contribution is 0.399. The Morgan fingerprint density at radius 3 is 2.53 bits per heavy atom. The number of sulfonamides is 1. The Morgan fingerprint density at radius 2 is 2.00 bits per heavy atom. The van der Waals surface area contributed by atoms with Crippen LogP contribution < -0.4 is 10.5 Å². The van der Waals surface area contributed by atoms with E-state index in [4.69, 9.17) is 5.73 Å². The van der Waals surface area contributed by atoms with Gasteiger partial charge in [-0.15, -0.1) is 0 Å². The highest BCUT2D eigenvalue weighted by molar-refractivity contribution is 9.10. The third-order valence-electron chi connectivity index (χ3n) is 3.50. The Kier molecular flexibility index (Phi) is 4.29. The topological polar surface area (TPSA) is 72.2 Å². The van der Waals surface area contributed by atoms with Crippen molar-refractivity contribution >= 4 is 26.0 Å². The molecule has 1 aliphatic rings. The van der Waals surface area contributed by atoms with E-state index in [9.17, 15) is 12.8 Å². The van der Waals surface area contributed by atoms with Crippen LogP contribution in [0, 0.1) is 5.82 Å². The summed E-state index contributed by atoms with van der Waals surface area (Å²) in [5.74, 6) is -0.492. The van der Waals surface area contributed by atoms with Crippen molar-refractivity contribution in [2.45, 2.75) is 36.1 Å². The maximum atomic E-state index is 13.2. The molecule has 2 rings (SSSR count). The van der Waals surface area contributed by atoms with Gasteiger partial charge in [0.1, 0.15) is 5.82 Å². The predicted octanol–water partition coefficient (Wildman–Crippen LogP) is 2.14. The zero-order valence-corrected chi connectivity index (χ0v) is 12.7. The SMILES string of the molecule is NCC1(NS(=O)(=O)c2ccc(F)c(Br)c2)CCCC1. The summed E-state index contributed by atoms with van der Waals surface area (Å²) < 4.78 is 40.6. The molecule has 1 aliphatic carbocycles. The Labute approximate surface area is 120 Å². The van der Waals surface area contributed by atoms with Crippen LogP contribution in [-0.4, -0.2) is 20.5 Å². The standard InChI is InChI=1S/C12H16BrFN2O2S/c13-10-7-9(3-4-11(10)14)19(17,18)16-12(8-15)5-1-2-6-12/h3-4,7,16H,1-2,5-6,8,15H2. The van der Waals surface area contributed by atoms with Gasteiger partial charge in [0.25, 0.3) is 0 Å². The third-order valence-corrected chi connectivity index (χ3v) is 5.69. The zero-order chi connectivity index (χ0) is 14.1. The van der Waals surface area contributed by atoms with Gasteiger partial charge in [0.15, 0.2) is 0 Å².